The van der Waals surface area contributed by atoms with Crippen molar-refractivity contribution in [3.63, 3.8) is 0 Å². The number of hydrogen-bond donors (Lipinski definition) is 2. The Balaban J connectivity index is 1.76. The van der Waals surface area contributed by atoms with Crippen molar-refractivity contribution in [2.75, 3.05) is 5.73 Å². The zero-order valence-electron chi connectivity index (χ0n) is 15.0. The molecule has 3 aromatic rings. The lowest BCUT2D eigenvalue weighted by Crippen LogP contribution is -2.30. The molecule has 0 amide bonds. The fourth-order valence-electron chi connectivity index (χ4n) is 3.66. The molecule has 0 spiro atoms. The fraction of sp³-hybridized carbons (Fsp3) is 0.350. The molecule has 142 valence electrons. The van der Waals surface area contributed by atoms with Crippen molar-refractivity contribution >= 4 is 16.6 Å². The molecule has 1 fully saturated rings. The number of alkyl halides is 2. The molecule has 0 saturated heterocycles. The Kier molecular flexibility index (Phi) is 4.17. The summed E-state index contributed by atoms with van der Waals surface area (Å²) in [6.45, 7) is 0. The van der Waals surface area contributed by atoms with E-state index >= 15 is 0 Å². The molecule has 1 aromatic carbocycles. The summed E-state index contributed by atoms with van der Waals surface area (Å²) >= 11 is 0. The first-order valence-corrected chi connectivity index (χ1v) is 8.95. The zero-order chi connectivity index (χ0) is 19.2. The van der Waals surface area contributed by atoms with Gasteiger partial charge in [-0.05, 0) is 37.1 Å². The maximum atomic E-state index is 13.4. The van der Waals surface area contributed by atoms with E-state index in [1.54, 1.807) is 37.6 Å². The Labute approximate surface area is 154 Å². The molecule has 0 unspecified atom stereocenters. The van der Waals surface area contributed by atoms with Gasteiger partial charge in [-0.2, -0.15) is 0 Å². The summed E-state index contributed by atoms with van der Waals surface area (Å²) in [7, 11) is 1.68. The van der Waals surface area contributed by atoms with Gasteiger partial charge >= 0.3 is 0 Å². The first kappa shape index (κ1) is 17.6. The number of hydrogen-bond acceptors (Lipinski definition) is 3. The minimum Gasteiger partial charge on any atom is -0.490 e. The van der Waals surface area contributed by atoms with Crippen molar-refractivity contribution in [1.29, 1.82) is 0 Å². The van der Waals surface area contributed by atoms with Crippen LogP contribution in [0, 0.1) is 0 Å². The van der Waals surface area contributed by atoms with Crippen molar-refractivity contribution in [2.24, 2.45) is 7.05 Å². The number of nitrogens with two attached hydrogens (primary N) is 1. The van der Waals surface area contributed by atoms with Crippen molar-refractivity contribution < 1.29 is 13.5 Å². The number of ether oxygens (including phenoxy) is 1. The van der Waals surface area contributed by atoms with Crippen LogP contribution in [0.1, 0.15) is 25.7 Å². The lowest BCUT2D eigenvalue weighted by molar-refractivity contribution is -0.0581. The van der Waals surface area contributed by atoms with Crippen LogP contribution in [0.25, 0.3) is 22.0 Å². The number of aromatic nitrogens is 2. The van der Waals surface area contributed by atoms with Crippen LogP contribution in [0.4, 0.5) is 14.5 Å². The highest BCUT2D eigenvalue weighted by molar-refractivity contribution is 5.96. The molecule has 7 heteroatoms. The van der Waals surface area contributed by atoms with Gasteiger partial charge in [-0.3, -0.25) is 4.79 Å². The number of benzene rings is 1. The molecule has 1 aliphatic rings. The topological polar surface area (TPSA) is 73.0 Å². The second-order valence-corrected chi connectivity index (χ2v) is 7.15. The van der Waals surface area contributed by atoms with Gasteiger partial charge in [0.25, 0.3) is 5.56 Å². The Hall–Kier alpha value is -2.83. The van der Waals surface area contributed by atoms with Gasteiger partial charge in [0, 0.05) is 54.5 Å². The Morgan fingerprint density at radius 1 is 1.22 bits per heavy atom. The van der Waals surface area contributed by atoms with E-state index in [0.717, 1.165) is 16.5 Å². The summed E-state index contributed by atoms with van der Waals surface area (Å²) in [5.41, 5.74) is 8.47. The number of rotatable bonds is 3. The van der Waals surface area contributed by atoms with Crippen LogP contribution in [-0.2, 0) is 7.05 Å². The van der Waals surface area contributed by atoms with Crippen LogP contribution in [0.2, 0.25) is 0 Å². The molecule has 0 atom stereocenters. The monoisotopic (exact) mass is 373 g/mol. The largest absolute Gasteiger partial charge is 0.490 e. The second-order valence-electron chi connectivity index (χ2n) is 7.15. The van der Waals surface area contributed by atoms with Gasteiger partial charge in [-0.15, -0.1) is 0 Å². The highest BCUT2D eigenvalue weighted by atomic mass is 19.3. The third-order valence-corrected chi connectivity index (χ3v) is 5.15. The number of aryl methyl sites for hydroxylation is 1. The fourth-order valence-corrected chi connectivity index (χ4v) is 3.66. The van der Waals surface area contributed by atoms with Gasteiger partial charge in [-0.25, -0.2) is 8.78 Å². The zero-order valence-corrected chi connectivity index (χ0v) is 15.0. The molecule has 27 heavy (non-hydrogen) atoms. The number of fused-ring (bicyclic) bond motifs is 1. The van der Waals surface area contributed by atoms with Crippen LogP contribution < -0.4 is 16.0 Å². The summed E-state index contributed by atoms with van der Waals surface area (Å²) in [5, 5.41) is 0.767. The number of nitrogen functional groups attached to an aromatic ring is 1. The summed E-state index contributed by atoms with van der Waals surface area (Å²) in [4.78, 5) is 15.3. The molecule has 0 aliphatic heterocycles. The van der Waals surface area contributed by atoms with Crippen LogP contribution in [0.15, 0.2) is 41.5 Å². The summed E-state index contributed by atoms with van der Waals surface area (Å²) in [5.74, 6) is -2.01. The number of H-pyrrole nitrogens is 1. The molecule has 3 N–H and O–H groups in total. The Morgan fingerprint density at radius 2 is 1.96 bits per heavy atom. The minimum atomic E-state index is -2.60. The van der Waals surface area contributed by atoms with E-state index in [1.807, 2.05) is 6.07 Å². The second kappa shape index (κ2) is 6.40. The van der Waals surface area contributed by atoms with Crippen LogP contribution in [-0.4, -0.2) is 21.6 Å². The van der Waals surface area contributed by atoms with Crippen molar-refractivity contribution in [1.82, 2.24) is 9.55 Å². The van der Waals surface area contributed by atoms with Crippen molar-refractivity contribution in [3.05, 3.63) is 47.0 Å². The SMILES string of the molecule is Cn1cc(-c2cc(N)ccc2OC2CCC(F)(F)CC2)c2cc[nH]c2c1=O. The van der Waals surface area contributed by atoms with E-state index in [1.165, 1.54) is 4.57 Å². The molecule has 4 rings (SSSR count). The van der Waals surface area contributed by atoms with E-state index < -0.39 is 5.92 Å². The van der Waals surface area contributed by atoms with Crippen LogP contribution in [0.3, 0.4) is 0 Å². The average molecular weight is 373 g/mol. The smallest absolute Gasteiger partial charge is 0.274 e. The van der Waals surface area contributed by atoms with Crippen molar-refractivity contribution in [2.45, 2.75) is 37.7 Å². The van der Waals surface area contributed by atoms with Gasteiger partial charge in [-0.1, -0.05) is 0 Å². The lowest BCUT2D eigenvalue weighted by atomic mass is 9.94. The first-order chi connectivity index (χ1) is 12.8. The van der Waals surface area contributed by atoms with Gasteiger partial charge < -0.3 is 20.0 Å². The molecule has 5 nitrogen and oxygen atoms in total. The van der Waals surface area contributed by atoms with Crippen LogP contribution >= 0.6 is 0 Å². The summed E-state index contributed by atoms with van der Waals surface area (Å²) in [6, 6.07) is 7.12. The molecule has 2 heterocycles. The predicted octanol–water partition coefficient (Wildman–Crippen LogP) is 4.07. The molecule has 2 aromatic heterocycles. The number of pyridine rings is 1. The number of halogens is 2. The van der Waals surface area contributed by atoms with Gasteiger partial charge in [0.15, 0.2) is 0 Å². The molecule has 0 bridgehead atoms. The van der Waals surface area contributed by atoms with Crippen molar-refractivity contribution in [3.8, 4) is 16.9 Å². The summed E-state index contributed by atoms with van der Waals surface area (Å²) < 4.78 is 34.5. The minimum absolute atomic E-state index is 0.125. The molecular formula is C20H21F2N3O2. The summed E-state index contributed by atoms with van der Waals surface area (Å²) in [6.07, 6.45) is 3.49. The third-order valence-electron chi connectivity index (χ3n) is 5.15. The molecular weight excluding hydrogens is 352 g/mol. The third kappa shape index (κ3) is 3.29. The molecule has 1 aliphatic carbocycles. The normalized spacial score (nSPS) is 17.3. The van der Waals surface area contributed by atoms with E-state index in [4.69, 9.17) is 10.5 Å². The standard InChI is InChI=1S/C20H21F2N3O2/c1-25-11-16(14-6-9-24-18(14)19(25)26)15-10-12(23)2-3-17(15)27-13-4-7-20(21,22)8-5-13/h2-3,6,9-11,13,24H,4-5,7-8,23H2,1H3. The Morgan fingerprint density at radius 3 is 2.70 bits per heavy atom. The highest BCUT2D eigenvalue weighted by Gasteiger charge is 2.36. The van der Waals surface area contributed by atoms with E-state index in [0.29, 0.717) is 29.8 Å². The van der Waals surface area contributed by atoms with E-state index in [2.05, 4.69) is 4.98 Å². The first-order valence-electron chi connectivity index (χ1n) is 8.95. The molecule has 1 saturated carbocycles. The quantitative estimate of drug-likeness (QED) is 0.680. The van der Waals surface area contributed by atoms with Crippen LogP contribution in [0.5, 0.6) is 5.75 Å². The maximum absolute atomic E-state index is 13.4. The number of nitrogens with one attached hydrogen (secondary N) is 1. The predicted molar refractivity (Wildman–Crippen MR) is 101 cm³/mol. The number of aromatic amines is 1. The van der Waals surface area contributed by atoms with Gasteiger partial charge in [0.05, 0.1) is 6.10 Å². The number of nitrogens with zero attached hydrogens (tertiary/aromatic N) is 1. The Bertz CT molecular complexity index is 1050. The van der Waals surface area contributed by atoms with Gasteiger partial charge in [0.2, 0.25) is 5.92 Å². The number of anilines is 1. The molecule has 0 radical (unpaired) electrons. The van der Waals surface area contributed by atoms with E-state index in [9.17, 15) is 13.6 Å². The highest BCUT2D eigenvalue weighted by Crippen LogP contribution is 2.39. The maximum Gasteiger partial charge on any atom is 0.274 e. The average Bonchev–Trinajstić information content (AvgIpc) is 3.11. The lowest BCUT2D eigenvalue weighted by Gasteiger charge is -2.29. The van der Waals surface area contributed by atoms with Gasteiger partial charge in [0.1, 0.15) is 11.3 Å². The van der Waals surface area contributed by atoms with E-state index in [-0.39, 0.29) is 24.5 Å².